The zero-order chi connectivity index (χ0) is 16.1. The van der Waals surface area contributed by atoms with Crippen molar-refractivity contribution >= 4 is 17.4 Å². The maximum atomic E-state index is 5.93. The van der Waals surface area contributed by atoms with Crippen molar-refractivity contribution in [1.29, 1.82) is 0 Å². The standard InChI is InChI=1S/C18H22ClN3O/c1-18(14-23-12-15-5-3-2-4-6-15)13-22(10-9-21-18)17-8-7-16(19)11-20-17/h2-8,11,21H,9-10,12-14H2,1H3. The molecule has 2 heterocycles. The fourth-order valence-corrected chi connectivity index (χ4v) is 2.98. The van der Waals surface area contributed by atoms with Gasteiger partial charge >= 0.3 is 0 Å². The van der Waals surface area contributed by atoms with E-state index in [2.05, 4.69) is 34.3 Å². The number of nitrogens with zero attached hydrogens (tertiary/aromatic N) is 2. The average Bonchev–Trinajstić information content (AvgIpc) is 2.56. The molecule has 3 rings (SSSR count). The second kappa shape index (κ2) is 7.30. The van der Waals surface area contributed by atoms with Gasteiger partial charge in [0.2, 0.25) is 0 Å². The molecule has 5 heteroatoms. The van der Waals surface area contributed by atoms with Crippen LogP contribution in [0.2, 0.25) is 5.02 Å². The van der Waals surface area contributed by atoms with Gasteiger partial charge < -0.3 is 15.0 Å². The molecule has 0 spiro atoms. The summed E-state index contributed by atoms with van der Waals surface area (Å²) in [7, 11) is 0. The summed E-state index contributed by atoms with van der Waals surface area (Å²) >= 11 is 5.92. The number of pyridine rings is 1. The molecule has 0 radical (unpaired) electrons. The molecule has 1 atom stereocenters. The van der Waals surface area contributed by atoms with Gasteiger partial charge in [-0.2, -0.15) is 0 Å². The molecule has 1 aromatic heterocycles. The molecule has 1 N–H and O–H groups in total. The molecule has 4 nitrogen and oxygen atoms in total. The van der Waals surface area contributed by atoms with Gasteiger partial charge in [-0.3, -0.25) is 0 Å². The summed E-state index contributed by atoms with van der Waals surface area (Å²) in [4.78, 5) is 6.70. The summed E-state index contributed by atoms with van der Waals surface area (Å²) in [5, 5.41) is 4.24. The maximum absolute atomic E-state index is 5.93. The lowest BCUT2D eigenvalue weighted by atomic mass is 10.0. The van der Waals surface area contributed by atoms with Gasteiger partial charge in [-0.25, -0.2) is 4.98 Å². The Hall–Kier alpha value is -1.62. The summed E-state index contributed by atoms with van der Waals surface area (Å²) in [6.45, 7) is 6.19. The second-order valence-corrected chi connectivity index (χ2v) is 6.66. The molecule has 2 aromatic rings. The first-order chi connectivity index (χ1) is 11.1. The minimum atomic E-state index is -0.0889. The zero-order valence-electron chi connectivity index (χ0n) is 13.3. The summed E-state index contributed by atoms with van der Waals surface area (Å²) in [6.07, 6.45) is 1.70. The van der Waals surface area contributed by atoms with Crippen LogP contribution in [0, 0.1) is 0 Å². The topological polar surface area (TPSA) is 37.4 Å². The molecule has 1 aliphatic rings. The van der Waals surface area contributed by atoms with Gasteiger partial charge in [0.1, 0.15) is 5.82 Å². The van der Waals surface area contributed by atoms with E-state index in [1.165, 1.54) is 5.56 Å². The van der Waals surface area contributed by atoms with Gasteiger partial charge in [0.15, 0.2) is 0 Å². The monoisotopic (exact) mass is 331 g/mol. The minimum Gasteiger partial charge on any atom is -0.375 e. The quantitative estimate of drug-likeness (QED) is 0.913. The molecular formula is C18H22ClN3O. The van der Waals surface area contributed by atoms with Gasteiger partial charge in [0.25, 0.3) is 0 Å². The number of aromatic nitrogens is 1. The molecule has 1 aromatic carbocycles. The number of piperazine rings is 1. The van der Waals surface area contributed by atoms with Crippen molar-refractivity contribution < 1.29 is 4.74 Å². The fourth-order valence-electron chi connectivity index (χ4n) is 2.86. The maximum Gasteiger partial charge on any atom is 0.128 e. The van der Waals surface area contributed by atoms with Gasteiger partial charge in [0.05, 0.1) is 23.8 Å². The largest absolute Gasteiger partial charge is 0.375 e. The van der Waals surface area contributed by atoms with Gasteiger partial charge in [-0.15, -0.1) is 0 Å². The van der Waals surface area contributed by atoms with Gasteiger partial charge in [0, 0.05) is 25.8 Å². The fraction of sp³-hybridized carbons (Fsp3) is 0.389. The van der Waals surface area contributed by atoms with E-state index in [1.54, 1.807) is 6.20 Å². The Labute approximate surface area is 142 Å². The Balaban J connectivity index is 1.57. The van der Waals surface area contributed by atoms with Crippen LogP contribution in [0.1, 0.15) is 12.5 Å². The number of hydrogen-bond acceptors (Lipinski definition) is 4. The summed E-state index contributed by atoms with van der Waals surface area (Å²) < 4.78 is 5.93. The molecule has 23 heavy (non-hydrogen) atoms. The Morgan fingerprint density at radius 3 is 2.83 bits per heavy atom. The van der Waals surface area contributed by atoms with E-state index in [4.69, 9.17) is 16.3 Å². The normalized spacial score (nSPS) is 21.4. The van der Waals surface area contributed by atoms with E-state index in [0.29, 0.717) is 18.2 Å². The van der Waals surface area contributed by atoms with E-state index in [1.807, 2.05) is 30.3 Å². The summed E-state index contributed by atoms with van der Waals surface area (Å²) in [5.74, 6) is 0.963. The van der Waals surface area contributed by atoms with Crippen molar-refractivity contribution in [1.82, 2.24) is 10.3 Å². The second-order valence-electron chi connectivity index (χ2n) is 6.22. The van der Waals surface area contributed by atoms with Crippen molar-refractivity contribution in [3.05, 3.63) is 59.2 Å². The van der Waals surface area contributed by atoms with Crippen LogP contribution in [0.3, 0.4) is 0 Å². The van der Waals surface area contributed by atoms with Crippen LogP contribution < -0.4 is 10.2 Å². The molecular weight excluding hydrogens is 310 g/mol. The molecule has 1 aliphatic heterocycles. The first-order valence-electron chi connectivity index (χ1n) is 7.88. The summed E-state index contributed by atoms with van der Waals surface area (Å²) in [6, 6.07) is 14.1. The van der Waals surface area contributed by atoms with Crippen molar-refractivity contribution in [2.75, 3.05) is 31.1 Å². The highest BCUT2D eigenvalue weighted by molar-refractivity contribution is 6.30. The number of halogens is 1. The number of nitrogens with one attached hydrogen (secondary N) is 1. The van der Waals surface area contributed by atoms with Crippen LogP contribution in [0.4, 0.5) is 5.82 Å². The third-order valence-corrected chi connectivity index (χ3v) is 4.26. The van der Waals surface area contributed by atoms with Gasteiger partial charge in [-0.1, -0.05) is 41.9 Å². The summed E-state index contributed by atoms with van der Waals surface area (Å²) in [5.41, 5.74) is 1.11. The molecule has 0 bridgehead atoms. The first-order valence-corrected chi connectivity index (χ1v) is 8.26. The number of ether oxygens (including phenoxy) is 1. The van der Waals surface area contributed by atoms with Crippen LogP contribution in [0.5, 0.6) is 0 Å². The van der Waals surface area contributed by atoms with E-state index in [-0.39, 0.29) is 5.54 Å². The van der Waals surface area contributed by atoms with Crippen LogP contribution in [0.15, 0.2) is 48.7 Å². The van der Waals surface area contributed by atoms with Gasteiger partial charge in [-0.05, 0) is 24.6 Å². The lowest BCUT2D eigenvalue weighted by Crippen LogP contribution is -2.61. The molecule has 1 unspecified atom stereocenters. The smallest absolute Gasteiger partial charge is 0.128 e. The van der Waals surface area contributed by atoms with Crippen LogP contribution in [0.25, 0.3) is 0 Å². The Bertz CT molecular complexity index is 620. The number of rotatable bonds is 5. The van der Waals surface area contributed by atoms with Crippen molar-refractivity contribution in [3.8, 4) is 0 Å². The molecule has 0 amide bonds. The average molecular weight is 332 g/mol. The van der Waals surface area contributed by atoms with Crippen molar-refractivity contribution in [2.45, 2.75) is 19.1 Å². The van der Waals surface area contributed by atoms with Crippen LogP contribution >= 0.6 is 11.6 Å². The molecule has 0 aliphatic carbocycles. The predicted molar refractivity (Wildman–Crippen MR) is 94.0 cm³/mol. The Morgan fingerprint density at radius 2 is 2.09 bits per heavy atom. The zero-order valence-corrected chi connectivity index (χ0v) is 14.1. The van der Waals surface area contributed by atoms with Crippen molar-refractivity contribution in [3.63, 3.8) is 0 Å². The Kier molecular flexibility index (Phi) is 5.16. The van der Waals surface area contributed by atoms with E-state index in [9.17, 15) is 0 Å². The van der Waals surface area contributed by atoms with Crippen molar-refractivity contribution in [2.24, 2.45) is 0 Å². The van der Waals surface area contributed by atoms with E-state index < -0.39 is 0 Å². The molecule has 1 saturated heterocycles. The van der Waals surface area contributed by atoms with Crippen LogP contribution in [-0.4, -0.2) is 36.8 Å². The minimum absolute atomic E-state index is 0.0889. The SMILES string of the molecule is CC1(COCc2ccccc2)CN(c2ccc(Cl)cn2)CCN1. The highest BCUT2D eigenvalue weighted by atomic mass is 35.5. The number of anilines is 1. The van der Waals surface area contributed by atoms with Crippen LogP contribution in [-0.2, 0) is 11.3 Å². The lowest BCUT2D eigenvalue weighted by Gasteiger charge is -2.41. The lowest BCUT2D eigenvalue weighted by molar-refractivity contribution is 0.0621. The van der Waals surface area contributed by atoms with E-state index in [0.717, 1.165) is 25.5 Å². The number of hydrogen-bond donors (Lipinski definition) is 1. The molecule has 122 valence electrons. The highest BCUT2D eigenvalue weighted by Crippen LogP contribution is 2.20. The third-order valence-electron chi connectivity index (χ3n) is 4.04. The predicted octanol–water partition coefficient (Wildman–Crippen LogP) is 3.12. The third kappa shape index (κ3) is 4.44. The highest BCUT2D eigenvalue weighted by Gasteiger charge is 2.31. The first kappa shape index (κ1) is 16.2. The molecule has 1 fully saturated rings. The van der Waals surface area contributed by atoms with E-state index >= 15 is 0 Å². The number of benzene rings is 1. The Morgan fingerprint density at radius 1 is 1.26 bits per heavy atom. The molecule has 0 saturated carbocycles.